The normalized spacial score (nSPS) is 16.1. The van der Waals surface area contributed by atoms with Crippen LogP contribution in [-0.4, -0.2) is 23.0 Å². The van der Waals surface area contributed by atoms with Crippen molar-refractivity contribution in [2.45, 2.75) is 20.0 Å². The van der Waals surface area contributed by atoms with Gasteiger partial charge >= 0.3 is 6.85 Å². The van der Waals surface area contributed by atoms with Crippen LogP contribution in [0.25, 0.3) is 11.1 Å². The maximum atomic E-state index is 2.76. The van der Waals surface area contributed by atoms with Gasteiger partial charge in [-0.15, -0.1) is 0 Å². The second-order valence-corrected chi connectivity index (χ2v) is 23.0. The van der Waals surface area contributed by atoms with Crippen molar-refractivity contribution in [1.29, 1.82) is 0 Å². The Balaban J connectivity index is 1.32. The predicted molar refractivity (Wildman–Crippen MR) is 219 cm³/mol. The van der Waals surface area contributed by atoms with Crippen molar-refractivity contribution in [2.24, 2.45) is 0 Å². The van der Waals surface area contributed by atoms with E-state index in [9.17, 15) is 0 Å². The van der Waals surface area contributed by atoms with Crippen molar-refractivity contribution in [2.75, 3.05) is 9.71 Å². The minimum Gasteiger partial charge on any atom is -0.376 e. The smallest absolute Gasteiger partial charge is 0.333 e. The average molecular weight is 671 g/mol. The molecule has 0 aromatic heterocycles. The Kier molecular flexibility index (Phi) is 5.62. The van der Waals surface area contributed by atoms with Gasteiger partial charge in [0.15, 0.2) is 8.07 Å². The zero-order valence-corrected chi connectivity index (χ0v) is 30.5. The van der Waals surface area contributed by atoms with Gasteiger partial charge in [0.25, 0.3) is 0 Å². The van der Waals surface area contributed by atoms with Crippen LogP contribution in [0.3, 0.4) is 0 Å². The molecule has 7 aromatic rings. The van der Waals surface area contributed by atoms with E-state index in [1.54, 1.807) is 0 Å². The van der Waals surface area contributed by atoms with Gasteiger partial charge in [-0.25, -0.2) is 0 Å². The Hall–Kier alpha value is -5.36. The largest absolute Gasteiger partial charge is 0.376 e. The van der Waals surface area contributed by atoms with Crippen LogP contribution < -0.4 is 51.8 Å². The van der Waals surface area contributed by atoms with Crippen LogP contribution >= 0.6 is 0 Å². The summed E-state index contributed by atoms with van der Waals surface area (Å²) in [6.45, 7) is 7.42. The van der Waals surface area contributed by atoms with Crippen molar-refractivity contribution in [3.63, 3.8) is 0 Å². The van der Waals surface area contributed by atoms with E-state index in [1.165, 1.54) is 87.2 Å². The minimum atomic E-state index is -2.73. The maximum Gasteiger partial charge on any atom is 0.333 e. The topological polar surface area (TPSA) is 6.48 Å². The summed E-state index contributed by atoms with van der Waals surface area (Å²) in [6, 6.07) is 60.8. The molecule has 0 saturated heterocycles. The summed E-state index contributed by atoms with van der Waals surface area (Å²) in [4.78, 5) is 5.40. The summed E-state index contributed by atoms with van der Waals surface area (Å²) in [5.74, 6) is 0. The molecule has 0 fully saturated rings. The van der Waals surface area contributed by atoms with Crippen molar-refractivity contribution in [3.8, 4) is 11.1 Å². The number of anilines is 5. The number of aryl methyl sites for hydroxylation is 1. The molecule has 7 aromatic carbocycles. The molecule has 4 heterocycles. The van der Waals surface area contributed by atoms with E-state index in [0.29, 0.717) is 0 Å². The van der Waals surface area contributed by atoms with E-state index in [1.807, 2.05) is 0 Å². The van der Waals surface area contributed by atoms with Crippen molar-refractivity contribution < 1.29 is 0 Å². The van der Waals surface area contributed by atoms with Gasteiger partial charge in [0, 0.05) is 34.0 Å². The number of rotatable bonds is 2. The van der Waals surface area contributed by atoms with Crippen LogP contribution in [-0.2, 0) is 0 Å². The maximum absolute atomic E-state index is 2.76. The van der Waals surface area contributed by atoms with E-state index >= 15 is 0 Å². The standard InChI is InChI=1S/C45H35BN2Si2/c1-30-28-34-33-20-14-27-42-44(33)48(37-23-11-13-25-40(37)50(42,31-16-6-4-7-17-31)32-18-8-5-9-19-32)46-35-21-15-26-41-45(35)47(38(29-30)43(34)46)36-22-10-12-24-39(36)49(41,2)3/h4-29H,1-3H3. The van der Waals surface area contributed by atoms with E-state index < -0.39 is 16.1 Å². The van der Waals surface area contributed by atoms with Gasteiger partial charge in [-0.2, -0.15) is 0 Å². The zero-order chi connectivity index (χ0) is 33.4. The van der Waals surface area contributed by atoms with Crippen molar-refractivity contribution in [3.05, 3.63) is 163 Å². The first-order valence-corrected chi connectivity index (χ1v) is 22.8. The van der Waals surface area contributed by atoms with E-state index in [0.717, 1.165) is 0 Å². The third kappa shape index (κ3) is 3.35. The highest BCUT2D eigenvalue weighted by atomic mass is 28.3. The monoisotopic (exact) mass is 670 g/mol. The highest BCUT2D eigenvalue weighted by molar-refractivity contribution is 7.22. The molecule has 0 N–H and O–H groups in total. The lowest BCUT2D eigenvalue weighted by Crippen LogP contribution is -2.79. The highest BCUT2D eigenvalue weighted by Crippen LogP contribution is 2.48. The summed E-state index contributed by atoms with van der Waals surface area (Å²) in [7, 11) is -4.73. The molecule has 4 aliphatic rings. The third-order valence-electron chi connectivity index (χ3n) is 12.1. The molecule has 11 rings (SSSR count). The van der Waals surface area contributed by atoms with Gasteiger partial charge in [0.05, 0.1) is 0 Å². The zero-order valence-electron chi connectivity index (χ0n) is 28.5. The number of benzene rings is 7. The lowest BCUT2D eigenvalue weighted by atomic mass is 9.43. The highest BCUT2D eigenvalue weighted by Gasteiger charge is 2.55. The van der Waals surface area contributed by atoms with E-state index in [2.05, 4.69) is 187 Å². The van der Waals surface area contributed by atoms with E-state index in [4.69, 9.17) is 0 Å². The van der Waals surface area contributed by atoms with Gasteiger partial charge in [-0.1, -0.05) is 153 Å². The summed E-state index contributed by atoms with van der Waals surface area (Å²) in [5.41, 5.74) is 13.7. The van der Waals surface area contributed by atoms with Crippen LogP contribution in [0.2, 0.25) is 13.1 Å². The number of hydrogen-bond donors (Lipinski definition) is 0. The molecular weight excluding hydrogens is 635 g/mol. The lowest BCUT2D eigenvalue weighted by Gasteiger charge is -2.53. The molecule has 4 aliphatic heterocycles. The summed E-state index contributed by atoms with van der Waals surface area (Å²) >= 11 is 0. The third-order valence-corrected chi connectivity index (χ3v) is 20.5. The molecule has 236 valence electrons. The van der Waals surface area contributed by atoms with Crippen LogP contribution in [0, 0.1) is 6.92 Å². The predicted octanol–water partition coefficient (Wildman–Crippen LogP) is 5.53. The molecule has 2 nitrogen and oxygen atoms in total. The Labute approximate surface area is 296 Å². The van der Waals surface area contributed by atoms with Crippen LogP contribution in [0.1, 0.15) is 5.56 Å². The molecule has 0 amide bonds. The Morgan fingerprint density at radius 1 is 0.480 bits per heavy atom. The number of nitrogens with zero attached hydrogens (tertiary/aromatic N) is 2. The van der Waals surface area contributed by atoms with Gasteiger partial charge < -0.3 is 9.71 Å². The molecule has 0 radical (unpaired) electrons. The van der Waals surface area contributed by atoms with Gasteiger partial charge in [0.1, 0.15) is 8.07 Å². The summed E-state index contributed by atoms with van der Waals surface area (Å²) in [5, 5.41) is 8.85. The Morgan fingerprint density at radius 3 is 1.82 bits per heavy atom. The molecule has 5 heteroatoms. The minimum absolute atomic E-state index is 0.0511. The average Bonchev–Trinajstić information content (AvgIpc) is 3.16. The van der Waals surface area contributed by atoms with Crippen molar-refractivity contribution >= 4 is 93.5 Å². The molecule has 0 atom stereocenters. The van der Waals surface area contributed by atoms with Crippen molar-refractivity contribution in [1.82, 2.24) is 0 Å². The number of fused-ring (bicyclic) bond motifs is 8. The second kappa shape index (κ2) is 9.87. The first kappa shape index (κ1) is 28.5. The lowest BCUT2D eigenvalue weighted by molar-refractivity contribution is 1.26. The molecule has 0 aliphatic carbocycles. The Morgan fingerprint density at radius 2 is 1.08 bits per heavy atom. The molecule has 0 spiro atoms. The van der Waals surface area contributed by atoms with E-state index in [-0.39, 0.29) is 6.85 Å². The fraction of sp³-hybridized carbons (Fsp3) is 0.0667. The molecule has 0 saturated carbocycles. The molecule has 0 bridgehead atoms. The first-order valence-electron chi connectivity index (χ1n) is 17.8. The van der Waals surface area contributed by atoms with Crippen LogP contribution in [0.4, 0.5) is 28.4 Å². The quantitative estimate of drug-likeness (QED) is 0.224. The first-order chi connectivity index (χ1) is 24.5. The summed E-state index contributed by atoms with van der Waals surface area (Å²) in [6.07, 6.45) is 0. The SMILES string of the molecule is Cc1cc2c3c(c1)N1c4ccccc4[Si](C)(C)c4cccc(c41)B3N1c3ccccc3[Si](c3ccccc3)(c3ccccc3)c3cccc-2c31. The molecule has 0 unspecified atom stereocenters. The summed E-state index contributed by atoms with van der Waals surface area (Å²) < 4.78 is 0. The Bertz CT molecular complexity index is 2520. The molecule has 50 heavy (non-hydrogen) atoms. The fourth-order valence-electron chi connectivity index (χ4n) is 10.2. The number of para-hydroxylation sites is 4. The van der Waals surface area contributed by atoms with Gasteiger partial charge in [-0.3, -0.25) is 0 Å². The van der Waals surface area contributed by atoms with Crippen LogP contribution in [0.15, 0.2) is 158 Å². The van der Waals surface area contributed by atoms with Crippen LogP contribution in [0.5, 0.6) is 0 Å². The number of hydrogen-bond acceptors (Lipinski definition) is 2. The fourth-order valence-corrected chi connectivity index (χ4v) is 18.3. The molecular formula is C45H35BN2Si2. The second-order valence-electron chi connectivity index (χ2n) is 14.9. The van der Waals surface area contributed by atoms with Gasteiger partial charge in [0.2, 0.25) is 0 Å². The van der Waals surface area contributed by atoms with Gasteiger partial charge in [-0.05, 0) is 78.3 Å².